The van der Waals surface area contributed by atoms with Crippen molar-refractivity contribution in [3.8, 4) is 0 Å². The van der Waals surface area contributed by atoms with Crippen molar-refractivity contribution < 1.29 is 0 Å². The zero-order valence-corrected chi connectivity index (χ0v) is 9.13. The molecule has 0 aromatic carbocycles. The molecule has 2 atom stereocenters. The van der Waals surface area contributed by atoms with Gasteiger partial charge in [-0.3, -0.25) is 0 Å². The normalized spacial score (nSPS) is 26.7. The smallest absolute Gasteiger partial charge is 0.225 e. The fraction of sp³-hybridized carbons (Fsp3) is 0.636. The van der Waals surface area contributed by atoms with Gasteiger partial charge in [0, 0.05) is 25.5 Å². The Hall–Kier alpha value is -1.16. The first-order valence-electron chi connectivity index (χ1n) is 5.53. The Morgan fingerprint density at radius 1 is 1.47 bits per heavy atom. The van der Waals surface area contributed by atoms with E-state index in [0.29, 0.717) is 5.92 Å². The lowest BCUT2D eigenvalue weighted by atomic mass is 9.87. The van der Waals surface area contributed by atoms with Crippen LogP contribution in [0.2, 0.25) is 0 Å². The third-order valence-electron chi connectivity index (χ3n) is 3.25. The summed E-state index contributed by atoms with van der Waals surface area (Å²) in [7, 11) is 0. The quantitative estimate of drug-likeness (QED) is 0.781. The van der Waals surface area contributed by atoms with E-state index >= 15 is 0 Å². The number of piperidine rings is 1. The van der Waals surface area contributed by atoms with Gasteiger partial charge in [-0.15, -0.1) is 0 Å². The van der Waals surface area contributed by atoms with Gasteiger partial charge in [-0.25, -0.2) is 9.97 Å². The van der Waals surface area contributed by atoms with Gasteiger partial charge in [-0.1, -0.05) is 6.92 Å². The Labute approximate surface area is 90.5 Å². The molecule has 15 heavy (non-hydrogen) atoms. The third kappa shape index (κ3) is 2.26. The summed E-state index contributed by atoms with van der Waals surface area (Å²) < 4.78 is 0. The van der Waals surface area contributed by atoms with Crippen molar-refractivity contribution >= 4 is 5.95 Å². The van der Waals surface area contributed by atoms with Crippen molar-refractivity contribution in [2.75, 3.05) is 24.5 Å². The molecule has 1 aliphatic rings. The van der Waals surface area contributed by atoms with Crippen molar-refractivity contribution in [1.82, 2.24) is 9.97 Å². The van der Waals surface area contributed by atoms with E-state index in [9.17, 15) is 0 Å². The molecule has 2 rings (SSSR count). The second-order valence-electron chi connectivity index (χ2n) is 4.26. The Morgan fingerprint density at radius 3 is 2.87 bits per heavy atom. The van der Waals surface area contributed by atoms with Crippen LogP contribution < -0.4 is 10.6 Å². The summed E-state index contributed by atoms with van der Waals surface area (Å²) in [6.07, 6.45) is 4.76. The van der Waals surface area contributed by atoms with E-state index in [1.165, 1.54) is 6.42 Å². The van der Waals surface area contributed by atoms with E-state index in [0.717, 1.165) is 31.5 Å². The first kappa shape index (κ1) is 10.4. The number of nitrogens with zero attached hydrogens (tertiary/aromatic N) is 3. The maximum atomic E-state index is 5.77. The molecule has 1 aromatic rings. The van der Waals surface area contributed by atoms with Gasteiger partial charge in [0.25, 0.3) is 0 Å². The monoisotopic (exact) mass is 206 g/mol. The van der Waals surface area contributed by atoms with Gasteiger partial charge in [-0.2, -0.15) is 0 Å². The van der Waals surface area contributed by atoms with Crippen LogP contribution in [0.15, 0.2) is 18.5 Å². The van der Waals surface area contributed by atoms with Gasteiger partial charge in [0.15, 0.2) is 0 Å². The zero-order valence-electron chi connectivity index (χ0n) is 9.13. The van der Waals surface area contributed by atoms with Crippen molar-refractivity contribution in [3.63, 3.8) is 0 Å². The average Bonchev–Trinajstić information content (AvgIpc) is 2.31. The molecule has 0 amide bonds. The summed E-state index contributed by atoms with van der Waals surface area (Å²) in [5.41, 5.74) is 5.77. The Bertz CT molecular complexity index is 301. The lowest BCUT2D eigenvalue weighted by molar-refractivity contribution is 0.305. The molecule has 0 radical (unpaired) electrons. The van der Waals surface area contributed by atoms with Gasteiger partial charge >= 0.3 is 0 Å². The summed E-state index contributed by atoms with van der Waals surface area (Å²) in [4.78, 5) is 10.8. The number of rotatable bonds is 2. The molecule has 2 heterocycles. The van der Waals surface area contributed by atoms with Gasteiger partial charge < -0.3 is 10.6 Å². The molecule has 0 aliphatic carbocycles. The molecule has 1 fully saturated rings. The van der Waals surface area contributed by atoms with Crippen LogP contribution in [0.3, 0.4) is 0 Å². The summed E-state index contributed by atoms with van der Waals surface area (Å²) >= 11 is 0. The fourth-order valence-corrected chi connectivity index (χ4v) is 2.09. The van der Waals surface area contributed by atoms with Gasteiger partial charge in [0.05, 0.1) is 0 Å². The Morgan fingerprint density at radius 2 is 2.20 bits per heavy atom. The lowest BCUT2D eigenvalue weighted by Gasteiger charge is -2.36. The van der Waals surface area contributed by atoms with E-state index in [2.05, 4.69) is 21.8 Å². The third-order valence-corrected chi connectivity index (χ3v) is 3.25. The largest absolute Gasteiger partial charge is 0.340 e. The standard InChI is InChI=1S/C11H18N4/c1-9-3-6-15(8-10(9)7-12)11-13-4-2-5-14-11/h2,4-5,9-10H,3,6-8,12H2,1H3. The molecule has 2 unspecified atom stereocenters. The average molecular weight is 206 g/mol. The highest BCUT2D eigenvalue weighted by Gasteiger charge is 2.26. The highest BCUT2D eigenvalue weighted by molar-refractivity contribution is 5.29. The van der Waals surface area contributed by atoms with Gasteiger partial charge in [-0.05, 0) is 30.9 Å². The van der Waals surface area contributed by atoms with Crippen LogP contribution in [0.4, 0.5) is 5.95 Å². The molecule has 4 heteroatoms. The minimum Gasteiger partial charge on any atom is -0.340 e. The maximum Gasteiger partial charge on any atom is 0.225 e. The van der Waals surface area contributed by atoms with Crippen molar-refractivity contribution in [2.24, 2.45) is 17.6 Å². The molecular formula is C11H18N4. The fourth-order valence-electron chi connectivity index (χ4n) is 2.09. The van der Waals surface area contributed by atoms with Crippen LogP contribution in [0.5, 0.6) is 0 Å². The molecule has 0 spiro atoms. The van der Waals surface area contributed by atoms with Crippen LogP contribution in [-0.2, 0) is 0 Å². The van der Waals surface area contributed by atoms with Crippen LogP contribution in [-0.4, -0.2) is 29.6 Å². The number of aromatic nitrogens is 2. The first-order chi connectivity index (χ1) is 7.31. The zero-order chi connectivity index (χ0) is 10.7. The molecule has 0 saturated carbocycles. The molecule has 1 aromatic heterocycles. The lowest BCUT2D eigenvalue weighted by Crippen LogP contribution is -2.43. The molecule has 4 nitrogen and oxygen atoms in total. The van der Waals surface area contributed by atoms with Crippen LogP contribution in [0.25, 0.3) is 0 Å². The molecule has 82 valence electrons. The summed E-state index contributed by atoms with van der Waals surface area (Å²) in [5, 5.41) is 0. The number of hydrogen-bond acceptors (Lipinski definition) is 4. The van der Waals surface area contributed by atoms with Crippen molar-refractivity contribution in [1.29, 1.82) is 0 Å². The van der Waals surface area contributed by atoms with E-state index in [1.54, 1.807) is 12.4 Å². The van der Waals surface area contributed by atoms with Gasteiger partial charge in [0.1, 0.15) is 0 Å². The molecule has 0 bridgehead atoms. The van der Waals surface area contributed by atoms with Gasteiger partial charge in [0.2, 0.25) is 5.95 Å². The SMILES string of the molecule is CC1CCN(c2ncccn2)CC1CN. The maximum absolute atomic E-state index is 5.77. The number of nitrogens with two attached hydrogens (primary N) is 1. The molecule has 2 N–H and O–H groups in total. The first-order valence-corrected chi connectivity index (χ1v) is 5.53. The minimum atomic E-state index is 0.572. The molecule has 1 saturated heterocycles. The van der Waals surface area contributed by atoms with E-state index in [4.69, 9.17) is 5.73 Å². The predicted molar refractivity (Wildman–Crippen MR) is 60.6 cm³/mol. The van der Waals surface area contributed by atoms with Crippen molar-refractivity contribution in [2.45, 2.75) is 13.3 Å². The van der Waals surface area contributed by atoms with Crippen LogP contribution in [0, 0.1) is 11.8 Å². The predicted octanol–water partition coefficient (Wildman–Crippen LogP) is 0.898. The second kappa shape index (κ2) is 4.57. The minimum absolute atomic E-state index is 0.572. The van der Waals surface area contributed by atoms with Crippen molar-refractivity contribution in [3.05, 3.63) is 18.5 Å². The Kier molecular flexibility index (Phi) is 3.16. The molecule has 1 aliphatic heterocycles. The summed E-state index contributed by atoms with van der Waals surface area (Å²) in [5.74, 6) is 2.13. The highest BCUT2D eigenvalue weighted by Crippen LogP contribution is 2.24. The summed E-state index contributed by atoms with van der Waals surface area (Å²) in [6.45, 7) is 5.06. The topological polar surface area (TPSA) is 55.0 Å². The Balaban J connectivity index is 2.06. The highest BCUT2D eigenvalue weighted by atomic mass is 15.3. The van der Waals surface area contributed by atoms with E-state index in [1.807, 2.05) is 6.07 Å². The van der Waals surface area contributed by atoms with Crippen LogP contribution >= 0.6 is 0 Å². The number of hydrogen-bond donors (Lipinski definition) is 1. The van der Waals surface area contributed by atoms with E-state index < -0.39 is 0 Å². The number of anilines is 1. The summed E-state index contributed by atoms with van der Waals surface area (Å²) in [6, 6.07) is 1.84. The van der Waals surface area contributed by atoms with E-state index in [-0.39, 0.29) is 0 Å². The second-order valence-corrected chi connectivity index (χ2v) is 4.26. The molecular weight excluding hydrogens is 188 g/mol. The van der Waals surface area contributed by atoms with Crippen LogP contribution in [0.1, 0.15) is 13.3 Å².